The smallest absolute Gasteiger partial charge is 0.235 e. The third-order valence-corrected chi connectivity index (χ3v) is 4.37. The molecule has 0 amide bonds. The summed E-state index contributed by atoms with van der Waals surface area (Å²) in [5.41, 5.74) is 1.95. The molecule has 0 saturated carbocycles. The first-order chi connectivity index (χ1) is 13.8. The van der Waals surface area contributed by atoms with E-state index in [1.807, 2.05) is 54.6 Å². The number of para-hydroxylation sites is 1. The first-order valence-corrected chi connectivity index (χ1v) is 8.78. The Morgan fingerprint density at radius 2 is 1.54 bits per heavy atom. The van der Waals surface area contributed by atoms with Crippen LogP contribution in [0.15, 0.2) is 99.3 Å². The van der Waals surface area contributed by atoms with Gasteiger partial charge in [0.05, 0.1) is 5.39 Å². The van der Waals surface area contributed by atoms with Crippen LogP contribution in [0.2, 0.25) is 0 Å². The number of benzene rings is 3. The maximum Gasteiger partial charge on any atom is 0.235 e. The Morgan fingerprint density at radius 3 is 2.25 bits per heavy atom. The second-order valence-electron chi connectivity index (χ2n) is 6.15. The molecule has 4 aromatic rings. The van der Waals surface area contributed by atoms with Gasteiger partial charge < -0.3 is 14.4 Å². The van der Waals surface area contributed by atoms with Gasteiger partial charge in [-0.2, -0.15) is 0 Å². The summed E-state index contributed by atoms with van der Waals surface area (Å²) in [4.78, 5) is 13.1. The molecule has 1 aromatic heterocycles. The van der Waals surface area contributed by atoms with Gasteiger partial charge in [0.15, 0.2) is 5.76 Å². The highest BCUT2D eigenvalue weighted by atomic mass is 16.5. The molecule has 0 aliphatic carbocycles. The van der Waals surface area contributed by atoms with E-state index in [0.717, 1.165) is 5.56 Å². The Hall–Kier alpha value is -3.86. The van der Waals surface area contributed by atoms with Gasteiger partial charge in [-0.15, -0.1) is 0 Å². The highest BCUT2D eigenvalue weighted by Crippen LogP contribution is 2.30. The second-order valence-corrected chi connectivity index (χ2v) is 6.15. The monoisotopic (exact) mass is 371 g/mol. The lowest BCUT2D eigenvalue weighted by molar-refractivity contribution is 0.306. The Balaban J connectivity index is 1.79. The fourth-order valence-electron chi connectivity index (χ4n) is 2.98. The molecule has 3 aromatic carbocycles. The number of oxime groups is 1. The normalized spacial score (nSPS) is 11.5. The molecule has 0 atom stereocenters. The summed E-state index contributed by atoms with van der Waals surface area (Å²) in [6, 6.07) is 25.5. The molecule has 4 rings (SSSR count). The van der Waals surface area contributed by atoms with E-state index in [9.17, 15) is 10.0 Å². The molecular formula is C23H17NO4. The van der Waals surface area contributed by atoms with Gasteiger partial charge in [-0.25, -0.2) is 0 Å². The molecule has 0 radical (unpaired) electrons. The van der Waals surface area contributed by atoms with Gasteiger partial charge in [0, 0.05) is 11.1 Å². The summed E-state index contributed by atoms with van der Waals surface area (Å²) >= 11 is 0. The molecular weight excluding hydrogens is 354 g/mol. The van der Waals surface area contributed by atoms with E-state index in [1.165, 1.54) is 0 Å². The van der Waals surface area contributed by atoms with E-state index in [1.54, 1.807) is 30.3 Å². The van der Waals surface area contributed by atoms with Crippen LogP contribution in [0.25, 0.3) is 22.3 Å². The lowest BCUT2D eigenvalue weighted by atomic mass is 10.1. The minimum Gasteiger partial charge on any atom is -0.480 e. The van der Waals surface area contributed by atoms with Crippen LogP contribution in [-0.4, -0.2) is 17.5 Å². The maximum atomic E-state index is 13.1. The molecule has 0 bridgehead atoms. The molecule has 28 heavy (non-hydrogen) atoms. The van der Waals surface area contributed by atoms with Crippen LogP contribution in [0.5, 0.6) is 5.75 Å². The number of hydrogen-bond donors (Lipinski definition) is 1. The molecule has 1 N–H and O–H groups in total. The van der Waals surface area contributed by atoms with Crippen molar-refractivity contribution in [1.29, 1.82) is 0 Å². The van der Waals surface area contributed by atoms with Crippen LogP contribution < -0.4 is 10.2 Å². The third-order valence-electron chi connectivity index (χ3n) is 4.37. The number of nitrogens with zero attached hydrogens (tertiary/aromatic N) is 1. The Morgan fingerprint density at radius 1 is 0.893 bits per heavy atom. The van der Waals surface area contributed by atoms with Crippen LogP contribution in [0.3, 0.4) is 0 Å². The first kappa shape index (κ1) is 17.5. The van der Waals surface area contributed by atoms with Crippen molar-refractivity contribution in [3.63, 3.8) is 0 Å². The molecule has 1 heterocycles. The summed E-state index contributed by atoms with van der Waals surface area (Å²) in [5.74, 6) is 0.427. The van der Waals surface area contributed by atoms with Gasteiger partial charge in [-0.3, -0.25) is 4.79 Å². The fraction of sp³-hybridized carbons (Fsp3) is 0.0435. The molecule has 0 spiro atoms. The topological polar surface area (TPSA) is 72.0 Å². The molecule has 0 aliphatic heterocycles. The van der Waals surface area contributed by atoms with E-state index in [-0.39, 0.29) is 17.8 Å². The van der Waals surface area contributed by atoms with Crippen LogP contribution in [0.4, 0.5) is 0 Å². The molecule has 5 heteroatoms. The van der Waals surface area contributed by atoms with Crippen molar-refractivity contribution in [2.24, 2.45) is 5.16 Å². The molecule has 5 nitrogen and oxygen atoms in total. The Labute approximate surface area is 161 Å². The lowest BCUT2D eigenvalue weighted by Gasteiger charge is -2.12. The van der Waals surface area contributed by atoms with Gasteiger partial charge in [0.1, 0.15) is 17.9 Å². The lowest BCUT2D eigenvalue weighted by Crippen LogP contribution is -2.18. The summed E-state index contributed by atoms with van der Waals surface area (Å²) in [6.45, 7) is -0.0799. The third kappa shape index (κ3) is 3.38. The van der Waals surface area contributed by atoms with Crippen molar-refractivity contribution in [3.8, 4) is 17.1 Å². The average Bonchev–Trinajstić information content (AvgIpc) is 2.76. The standard InChI is InChI=1S/C23H17NO4/c25-21-18-13-7-8-14-20(18)28-22(17-11-5-2-6-12-17)23(21)27-15-19(24-26)16-9-3-1-4-10-16/h1-14,26H,15H2/b24-19-. The Bertz CT molecular complexity index is 1180. The van der Waals surface area contributed by atoms with E-state index < -0.39 is 0 Å². The van der Waals surface area contributed by atoms with Gasteiger partial charge in [-0.05, 0) is 12.1 Å². The zero-order chi connectivity index (χ0) is 19.3. The van der Waals surface area contributed by atoms with Crippen molar-refractivity contribution >= 4 is 16.7 Å². The highest BCUT2D eigenvalue weighted by Gasteiger charge is 2.18. The van der Waals surface area contributed by atoms with Crippen molar-refractivity contribution < 1.29 is 14.4 Å². The zero-order valence-corrected chi connectivity index (χ0v) is 14.9. The van der Waals surface area contributed by atoms with Crippen molar-refractivity contribution in [2.45, 2.75) is 0 Å². The highest BCUT2D eigenvalue weighted by molar-refractivity contribution is 6.01. The van der Waals surface area contributed by atoms with Gasteiger partial charge in [0.2, 0.25) is 11.2 Å². The van der Waals surface area contributed by atoms with E-state index >= 15 is 0 Å². The number of ether oxygens (including phenoxy) is 1. The summed E-state index contributed by atoms with van der Waals surface area (Å²) in [5, 5.41) is 13.1. The molecule has 0 fully saturated rings. The van der Waals surface area contributed by atoms with Crippen LogP contribution >= 0.6 is 0 Å². The van der Waals surface area contributed by atoms with Gasteiger partial charge in [0.25, 0.3) is 0 Å². The first-order valence-electron chi connectivity index (χ1n) is 8.78. The SMILES string of the molecule is O=c1c(OC/C(=N/O)c2ccccc2)c(-c2ccccc2)oc2ccccc12. The van der Waals surface area contributed by atoms with Crippen molar-refractivity contribution in [2.75, 3.05) is 6.61 Å². The molecule has 0 unspecified atom stereocenters. The number of fused-ring (bicyclic) bond motifs is 1. The molecule has 0 aliphatic rings. The maximum absolute atomic E-state index is 13.1. The molecule has 138 valence electrons. The van der Waals surface area contributed by atoms with Gasteiger partial charge >= 0.3 is 0 Å². The van der Waals surface area contributed by atoms with Crippen molar-refractivity contribution in [1.82, 2.24) is 0 Å². The van der Waals surface area contributed by atoms with E-state index in [2.05, 4.69) is 5.16 Å². The fourth-order valence-corrected chi connectivity index (χ4v) is 2.98. The predicted molar refractivity (Wildman–Crippen MR) is 108 cm³/mol. The zero-order valence-electron chi connectivity index (χ0n) is 14.9. The van der Waals surface area contributed by atoms with Crippen LogP contribution in [0, 0.1) is 0 Å². The summed E-state index contributed by atoms with van der Waals surface area (Å²) in [7, 11) is 0. The number of hydrogen-bond acceptors (Lipinski definition) is 5. The largest absolute Gasteiger partial charge is 0.480 e. The molecule has 0 saturated heterocycles. The minimum atomic E-state index is -0.272. The van der Waals surface area contributed by atoms with Crippen LogP contribution in [0.1, 0.15) is 5.56 Å². The van der Waals surface area contributed by atoms with E-state index in [4.69, 9.17) is 9.15 Å². The average molecular weight is 371 g/mol. The summed E-state index contributed by atoms with van der Waals surface area (Å²) in [6.07, 6.45) is 0. The van der Waals surface area contributed by atoms with Crippen molar-refractivity contribution in [3.05, 3.63) is 101 Å². The predicted octanol–water partition coefficient (Wildman–Crippen LogP) is 4.72. The summed E-state index contributed by atoms with van der Waals surface area (Å²) < 4.78 is 11.8. The second kappa shape index (κ2) is 7.80. The Kier molecular flexibility index (Phi) is 4.89. The quantitative estimate of drug-likeness (QED) is 0.313. The van der Waals surface area contributed by atoms with E-state index in [0.29, 0.717) is 28.0 Å². The van der Waals surface area contributed by atoms with Crippen LogP contribution in [-0.2, 0) is 0 Å². The number of rotatable bonds is 5. The minimum absolute atomic E-state index is 0.0799. The van der Waals surface area contributed by atoms with Gasteiger partial charge in [-0.1, -0.05) is 78.0 Å².